The summed E-state index contributed by atoms with van der Waals surface area (Å²) in [5, 5.41) is 2.63. The van der Waals surface area contributed by atoms with Crippen molar-refractivity contribution < 1.29 is 40.6 Å². The first-order valence-electron chi connectivity index (χ1n) is 13.4. The van der Waals surface area contributed by atoms with E-state index in [0.29, 0.717) is 17.2 Å². The molecule has 1 amide bonds. The molecule has 0 unspecified atom stereocenters. The van der Waals surface area contributed by atoms with Crippen LogP contribution in [0.25, 0.3) is 0 Å². The number of carbonyl (C=O) groups excluding carboxylic acids is 1. The van der Waals surface area contributed by atoms with Gasteiger partial charge in [-0.05, 0) is 67.1 Å². The molecule has 2 N–H and O–H groups in total. The van der Waals surface area contributed by atoms with E-state index in [2.05, 4.69) is 10.0 Å². The zero-order valence-corrected chi connectivity index (χ0v) is 26.9. The van der Waals surface area contributed by atoms with E-state index in [1.165, 1.54) is 83.0 Å². The van der Waals surface area contributed by atoms with Gasteiger partial charge in [-0.2, -0.15) is 0 Å². The average molecular weight is 656 g/mol. The van der Waals surface area contributed by atoms with Gasteiger partial charge in [0.05, 0.1) is 49.6 Å². The zero-order chi connectivity index (χ0) is 32.8. The van der Waals surface area contributed by atoms with Gasteiger partial charge in [0.15, 0.2) is 11.5 Å². The van der Waals surface area contributed by atoms with Crippen molar-refractivity contribution in [2.75, 3.05) is 49.3 Å². The molecule has 0 aliphatic carbocycles. The summed E-state index contributed by atoms with van der Waals surface area (Å²) in [7, 11) is -2.72. The van der Waals surface area contributed by atoms with Crippen LogP contribution in [0.1, 0.15) is 5.56 Å². The molecule has 4 aromatic carbocycles. The van der Waals surface area contributed by atoms with E-state index in [9.17, 15) is 21.6 Å². The molecule has 14 heteroatoms. The van der Waals surface area contributed by atoms with Gasteiger partial charge in [-0.3, -0.25) is 13.8 Å². The summed E-state index contributed by atoms with van der Waals surface area (Å²) in [5.74, 6) is 0.280. The van der Waals surface area contributed by atoms with Crippen LogP contribution in [0.15, 0.2) is 94.7 Å². The number of ether oxygens (including phenoxy) is 4. The van der Waals surface area contributed by atoms with Crippen LogP contribution in [0.3, 0.4) is 0 Å². The number of rotatable bonds is 13. The van der Waals surface area contributed by atoms with Crippen LogP contribution in [0.5, 0.6) is 23.0 Å². The maximum absolute atomic E-state index is 14.1. The summed E-state index contributed by atoms with van der Waals surface area (Å²) >= 11 is 0. The third kappa shape index (κ3) is 7.41. The molecule has 0 fully saturated rings. The molecular formula is C31H33N3O9S2. The van der Waals surface area contributed by atoms with Gasteiger partial charge in [0.1, 0.15) is 18.0 Å². The maximum atomic E-state index is 14.1. The number of benzene rings is 4. The van der Waals surface area contributed by atoms with Gasteiger partial charge in [0, 0.05) is 17.8 Å². The van der Waals surface area contributed by atoms with Crippen molar-refractivity contribution in [2.24, 2.45) is 0 Å². The number of nitrogens with one attached hydrogen (secondary N) is 2. The molecule has 45 heavy (non-hydrogen) atoms. The van der Waals surface area contributed by atoms with Gasteiger partial charge < -0.3 is 24.3 Å². The first-order valence-corrected chi connectivity index (χ1v) is 16.3. The van der Waals surface area contributed by atoms with Gasteiger partial charge in [-0.15, -0.1) is 0 Å². The van der Waals surface area contributed by atoms with Crippen LogP contribution in [0.2, 0.25) is 0 Å². The number of para-hydroxylation sites is 1. The Morgan fingerprint density at radius 2 is 1.33 bits per heavy atom. The number of hydrogen-bond acceptors (Lipinski definition) is 9. The van der Waals surface area contributed by atoms with Crippen molar-refractivity contribution in [1.29, 1.82) is 0 Å². The lowest BCUT2D eigenvalue weighted by atomic mass is 10.2. The van der Waals surface area contributed by atoms with Crippen molar-refractivity contribution in [2.45, 2.75) is 16.7 Å². The molecule has 0 heterocycles. The fraction of sp³-hybridized carbons (Fsp3) is 0.194. The molecule has 0 atom stereocenters. The number of methoxy groups -OCH3 is 4. The Kier molecular flexibility index (Phi) is 10.1. The summed E-state index contributed by atoms with van der Waals surface area (Å²) in [6.45, 7) is 1.11. The highest BCUT2D eigenvalue weighted by molar-refractivity contribution is 7.93. The van der Waals surface area contributed by atoms with Crippen molar-refractivity contribution in [3.05, 3.63) is 90.5 Å². The second-order valence-electron chi connectivity index (χ2n) is 9.56. The predicted molar refractivity (Wildman–Crippen MR) is 171 cm³/mol. The smallest absolute Gasteiger partial charge is 0.265 e. The molecule has 0 aliphatic rings. The van der Waals surface area contributed by atoms with Gasteiger partial charge in [0.2, 0.25) is 5.91 Å². The van der Waals surface area contributed by atoms with Crippen molar-refractivity contribution in [3.63, 3.8) is 0 Å². The normalized spacial score (nSPS) is 11.3. The molecule has 0 bridgehead atoms. The van der Waals surface area contributed by atoms with Gasteiger partial charge >= 0.3 is 0 Å². The topological polar surface area (TPSA) is 150 Å². The van der Waals surface area contributed by atoms with Crippen LogP contribution in [0.4, 0.5) is 17.1 Å². The molecule has 12 nitrogen and oxygen atoms in total. The fourth-order valence-electron chi connectivity index (χ4n) is 4.34. The molecule has 0 aromatic heterocycles. The number of amides is 1. The molecule has 0 spiro atoms. The largest absolute Gasteiger partial charge is 0.497 e. The minimum atomic E-state index is -4.40. The lowest BCUT2D eigenvalue weighted by molar-refractivity contribution is -0.114. The molecule has 238 valence electrons. The lowest BCUT2D eigenvalue weighted by Crippen LogP contribution is -2.38. The summed E-state index contributed by atoms with van der Waals surface area (Å²) in [5.41, 5.74) is 1.49. The average Bonchev–Trinajstić information content (AvgIpc) is 3.04. The van der Waals surface area contributed by atoms with E-state index in [1.54, 1.807) is 37.3 Å². The fourth-order valence-corrected chi connectivity index (χ4v) is 6.91. The van der Waals surface area contributed by atoms with E-state index in [1.807, 2.05) is 0 Å². The summed E-state index contributed by atoms with van der Waals surface area (Å²) in [6.07, 6.45) is 0. The number of carbonyl (C=O) groups is 1. The SMILES string of the molecule is COc1ccc(OC)c(N(CC(=O)Nc2ccc(S(=O)(=O)Nc3ccccc3C)cc2)S(=O)(=O)c2ccc(OC)c(OC)c2)c1. The van der Waals surface area contributed by atoms with Crippen molar-refractivity contribution >= 4 is 43.0 Å². The molecule has 4 rings (SSSR count). The first-order chi connectivity index (χ1) is 21.4. The minimum Gasteiger partial charge on any atom is -0.497 e. The van der Waals surface area contributed by atoms with Crippen LogP contribution in [-0.2, 0) is 24.8 Å². The van der Waals surface area contributed by atoms with Crippen molar-refractivity contribution in [1.82, 2.24) is 0 Å². The number of hydrogen-bond donors (Lipinski definition) is 2. The van der Waals surface area contributed by atoms with Crippen LogP contribution >= 0.6 is 0 Å². The van der Waals surface area contributed by atoms with E-state index in [4.69, 9.17) is 18.9 Å². The lowest BCUT2D eigenvalue weighted by Gasteiger charge is -2.26. The van der Waals surface area contributed by atoms with Gasteiger partial charge in [-0.1, -0.05) is 18.2 Å². The van der Waals surface area contributed by atoms with Crippen molar-refractivity contribution in [3.8, 4) is 23.0 Å². The quantitative estimate of drug-likeness (QED) is 0.210. The summed E-state index contributed by atoms with van der Waals surface area (Å²) in [4.78, 5) is 13.1. The highest BCUT2D eigenvalue weighted by Gasteiger charge is 2.31. The second-order valence-corrected chi connectivity index (χ2v) is 13.1. The van der Waals surface area contributed by atoms with E-state index in [-0.39, 0.29) is 32.7 Å². The van der Waals surface area contributed by atoms with Crippen LogP contribution in [0, 0.1) is 6.92 Å². The Bertz CT molecular complexity index is 1900. The monoisotopic (exact) mass is 655 g/mol. The number of nitrogens with zero attached hydrogens (tertiary/aromatic N) is 1. The molecule has 0 saturated heterocycles. The number of sulfonamides is 2. The van der Waals surface area contributed by atoms with Gasteiger partial charge in [0.25, 0.3) is 20.0 Å². The van der Waals surface area contributed by atoms with E-state index < -0.39 is 32.5 Å². The Hall–Kier alpha value is -4.95. The Morgan fingerprint density at radius 1 is 0.711 bits per heavy atom. The third-order valence-electron chi connectivity index (χ3n) is 6.72. The van der Waals surface area contributed by atoms with Crippen LogP contribution < -0.4 is 33.3 Å². The van der Waals surface area contributed by atoms with E-state index >= 15 is 0 Å². The first kappa shape index (κ1) is 33.0. The standard InChI is InChI=1S/C31H33N3O9S2/c1-21-8-6-7-9-26(21)33-44(36,37)24-13-10-22(11-14-24)32-31(35)20-34(27-18-23(40-2)12-16-28(27)41-3)45(38,39)25-15-17-29(42-4)30(19-25)43-5/h6-19,33H,20H2,1-5H3,(H,32,35). The highest BCUT2D eigenvalue weighted by Crippen LogP contribution is 2.37. The molecule has 0 radical (unpaired) electrons. The summed E-state index contributed by atoms with van der Waals surface area (Å²) in [6, 6.07) is 21.0. The second kappa shape index (κ2) is 13.8. The Labute approximate surface area is 262 Å². The van der Waals surface area contributed by atoms with E-state index in [0.717, 1.165) is 9.87 Å². The number of aryl methyl sites for hydroxylation is 1. The predicted octanol–water partition coefficient (Wildman–Crippen LogP) is 4.66. The zero-order valence-electron chi connectivity index (χ0n) is 25.2. The maximum Gasteiger partial charge on any atom is 0.265 e. The molecule has 4 aromatic rings. The summed E-state index contributed by atoms with van der Waals surface area (Å²) < 4.78 is 78.7. The minimum absolute atomic E-state index is 0.0254. The Morgan fingerprint density at radius 3 is 1.96 bits per heavy atom. The highest BCUT2D eigenvalue weighted by atomic mass is 32.2. The molecule has 0 saturated carbocycles. The van der Waals surface area contributed by atoms with Crippen LogP contribution in [-0.4, -0.2) is 57.7 Å². The molecule has 0 aliphatic heterocycles. The van der Waals surface area contributed by atoms with Gasteiger partial charge in [-0.25, -0.2) is 16.8 Å². The number of anilines is 3. The molecular weight excluding hydrogens is 622 g/mol. The Balaban J connectivity index is 1.64. The third-order valence-corrected chi connectivity index (χ3v) is 9.86.